The first-order valence-electron chi connectivity index (χ1n) is 6.16. The van der Waals surface area contributed by atoms with Crippen molar-refractivity contribution in [3.8, 4) is 0 Å². The van der Waals surface area contributed by atoms with Crippen molar-refractivity contribution in [3.63, 3.8) is 0 Å². The van der Waals surface area contributed by atoms with Gasteiger partial charge in [0, 0.05) is 21.4 Å². The molecule has 2 nitrogen and oxygen atoms in total. The third kappa shape index (κ3) is 3.35. The van der Waals surface area contributed by atoms with E-state index in [0.717, 1.165) is 22.1 Å². The van der Waals surface area contributed by atoms with Gasteiger partial charge in [0.25, 0.3) is 0 Å². The molecule has 2 aromatic carbocycles. The van der Waals surface area contributed by atoms with Crippen LogP contribution in [0.1, 0.15) is 18.1 Å². The van der Waals surface area contributed by atoms with E-state index in [9.17, 15) is 4.39 Å². The summed E-state index contributed by atoms with van der Waals surface area (Å²) in [6.45, 7) is 2.07. The summed E-state index contributed by atoms with van der Waals surface area (Å²) in [7, 11) is 0. The minimum Gasteiger partial charge on any atom is -0.389 e. The number of hydrogen-bond donors (Lipinski definition) is 2. The van der Waals surface area contributed by atoms with Gasteiger partial charge in [0.1, 0.15) is 10.8 Å². The van der Waals surface area contributed by atoms with Crippen LogP contribution < -0.4 is 11.1 Å². The average Bonchev–Trinajstić information content (AvgIpc) is 2.40. The van der Waals surface area contributed by atoms with Crippen LogP contribution in [0.5, 0.6) is 0 Å². The van der Waals surface area contributed by atoms with Gasteiger partial charge in [-0.1, -0.05) is 35.1 Å². The van der Waals surface area contributed by atoms with Crippen molar-refractivity contribution in [3.05, 3.63) is 57.8 Å². The van der Waals surface area contributed by atoms with Crippen LogP contribution in [0.3, 0.4) is 0 Å². The molecule has 104 valence electrons. The highest BCUT2D eigenvalue weighted by atomic mass is 79.9. The molecule has 0 spiro atoms. The molecule has 0 aliphatic rings. The van der Waals surface area contributed by atoms with Crippen molar-refractivity contribution in [1.82, 2.24) is 0 Å². The van der Waals surface area contributed by atoms with E-state index in [1.807, 2.05) is 18.2 Å². The second kappa shape index (κ2) is 6.33. The molecule has 5 heteroatoms. The Bertz CT molecular complexity index is 658. The fourth-order valence-electron chi connectivity index (χ4n) is 1.92. The highest BCUT2D eigenvalue weighted by Crippen LogP contribution is 2.26. The molecule has 0 aliphatic carbocycles. The lowest BCUT2D eigenvalue weighted by Gasteiger charge is -2.12. The number of rotatable bonds is 4. The molecule has 0 heterocycles. The lowest BCUT2D eigenvalue weighted by molar-refractivity contribution is 0.626. The normalized spacial score (nSPS) is 10.3. The van der Waals surface area contributed by atoms with Gasteiger partial charge in [-0.3, -0.25) is 0 Å². The predicted molar refractivity (Wildman–Crippen MR) is 89.1 cm³/mol. The summed E-state index contributed by atoms with van der Waals surface area (Å²) in [4.78, 5) is 0.0620. The molecule has 20 heavy (non-hydrogen) atoms. The Kier molecular flexibility index (Phi) is 4.73. The molecule has 0 radical (unpaired) electrons. The number of aryl methyl sites for hydroxylation is 1. The van der Waals surface area contributed by atoms with E-state index in [1.165, 1.54) is 6.07 Å². The Morgan fingerprint density at radius 3 is 2.65 bits per heavy atom. The van der Waals surface area contributed by atoms with Crippen LogP contribution in [0.25, 0.3) is 0 Å². The fraction of sp³-hybridized carbons (Fsp3) is 0.133. The molecule has 0 fully saturated rings. The molecule has 2 aromatic rings. The van der Waals surface area contributed by atoms with Crippen molar-refractivity contribution in [2.45, 2.75) is 13.3 Å². The van der Waals surface area contributed by atoms with E-state index in [-0.39, 0.29) is 10.6 Å². The minimum absolute atomic E-state index is 0.0620. The lowest BCUT2D eigenvalue weighted by atomic mass is 10.1. The Labute approximate surface area is 131 Å². The van der Waals surface area contributed by atoms with E-state index in [1.54, 1.807) is 12.1 Å². The molecular formula is C15H14BrFN2S. The first kappa shape index (κ1) is 14.9. The first-order valence-corrected chi connectivity index (χ1v) is 7.36. The quantitative estimate of drug-likeness (QED) is 0.794. The molecule has 0 saturated carbocycles. The van der Waals surface area contributed by atoms with Gasteiger partial charge in [-0.25, -0.2) is 4.39 Å². The maximum atomic E-state index is 13.8. The van der Waals surface area contributed by atoms with Crippen molar-refractivity contribution in [2.24, 2.45) is 5.73 Å². The summed E-state index contributed by atoms with van der Waals surface area (Å²) in [6.07, 6.45) is 0.884. The van der Waals surface area contributed by atoms with Crippen LogP contribution in [0, 0.1) is 5.82 Å². The number of anilines is 2. The van der Waals surface area contributed by atoms with Crippen LogP contribution in [0.4, 0.5) is 15.8 Å². The van der Waals surface area contributed by atoms with Gasteiger partial charge in [-0.15, -0.1) is 0 Å². The Balaban J connectivity index is 2.31. The van der Waals surface area contributed by atoms with E-state index in [2.05, 4.69) is 28.2 Å². The van der Waals surface area contributed by atoms with Crippen LogP contribution in [0.15, 0.2) is 40.9 Å². The maximum Gasteiger partial charge on any atom is 0.135 e. The van der Waals surface area contributed by atoms with Gasteiger partial charge >= 0.3 is 0 Å². The van der Waals surface area contributed by atoms with E-state index in [0.29, 0.717) is 5.69 Å². The summed E-state index contributed by atoms with van der Waals surface area (Å²) in [5.41, 5.74) is 8.48. The molecule has 3 N–H and O–H groups in total. The van der Waals surface area contributed by atoms with Gasteiger partial charge in [-0.05, 0) is 48.4 Å². The van der Waals surface area contributed by atoms with Gasteiger partial charge in [0.15, 0.2) is 0 Å². The third-order valence-electron chi connectivity index (χ3n) is 2.96. The van der Waals surface area contributed by atoms with Crippen molar-refractivity contribution in [1.29, 1.82) is 0 Å². The smallest absolute Gasteiger partial charge is 0.135 e. The van der Waals surface area contributed by atoms with Crippen LogP contribution in [-0.2, 0) is 6.42 Å². The number of hydrogen-bond acceptors (Lipinski definition) is 2. The Morgan fingerprint density at radius 2 is 2.05 bits per heavy atom. The maximum absolute atomic E-state index is 13.8. The molecule has 0 aromatic heterocycles. The van der Waals surface area contributed by atoms with E-state index < -0.39 is 5.82 Å². The second-order valence-electron chi connectivity index (χ2n) is 4.34. The van der Waals surface area contributed by atoms with E-state index in [4.69, 9.17) is 18.0 Å². The summed E-state index contributed by atoms with van der Waals surface area (Å²) >= 11 is 8.23. The summed E-state index contributed by atoms with van der Waals surface area (Å²) in [5.74, 6) is -0.419. The standard InChI is InChI=1S/C15H14BrFN2S/c1-2-9-7-10(16)3-6-14(9)19-11-4-5-12(15(18)20)13(17)8-11/h3-8,19H,2H2,1H3,(H2,18,20). The Morgan fingerprint density at radius 1 is 1.30 bits per heavy atom. The summed E-state index contributed by atoms with van der Waals surface area (Å²) in [5, 5.41) is 3.21. The number of benzene rings is 2. The van der Waals surface area contributed by atoms with Gasteiger partial charge in [-0.2, -0.15) is 0 Å². The third-order valence-corrected chi connectivity index (χ3v) is 3.67. The zero-order valence-electron chi connectivity index (χ0n) is 10.9. The topological polar surface area (TPSA) is 38.0 Å². The minimum atomic E-state index is -0.419. The number of thiocarbonyl (C=S) groups is 1. The highest BCUT2D eigenvalue weighted by Gasteiger charge is 2.07. The SMILES string of the molecule is CCc1cc(Br)ccc1Nc1ccc(C(N)=S)c(F)c1. The molecule has 0 unspecified atom stereocenters. The molecule has 0 bridgehead atoms. The van der Waals surface area contributed by atoms with Crippen molar-refractivity contribution < 1.29 is 4.39 Å². The fourth-order valence-corrected chi connectivity index (χ4v) is 2.50. The second-order valence-corrected chi connectivity index (χ2v) is 5.69. The van der Waals surface area contributed by atoms with Crippen LogP contribution >= 0.6 is 28.1 Å². The van der Waals surface area contributed by atoms with Crippen molar-refractivity contribution >= 4 is 44.5 Å². The number of nitrogens with one attached hydrogen (secondary N) is 1. The molecule has 0 aliphatic heterocycles. The monoisotopic (exact) mass is 352 g/mol. The first-order chi connectivity index (χ1) is 9.51. The Hall–Kier alpha value is -1.46. The summed E-state index contributed by atoms with van der Waals surface area (Å²) in [6, 6.07) is 10.7. The van der Waals surface area contributed by atoms with Crippen LogP contribution in [0.2, 0.25) is 0 Å². The predicted octanol–water partition coefficient (Wildman–Crippen LogP) is 4.53. The van der Waals surface area contributed by atoms with Gasteiger partial charge in [0.05, 0.1) is 0 Å². The average molecular weight is 353 g/mol. The highest BCUT2D eigenvalue weighted by molar-refractivity contribution is 9.10. The number of nitrogens with two attached hydrogens (primary N) is 1. The molecule has 0 atom stereocenters. The lowest BCUT2D eigenvalue weighted by Crippen LogP contribution is -2.11. The number of halogens is 2. The molecular weight excluding hydrogens is 339 g/mol. The zero-order valence-corrected chi connectivity index (χ0v) is 13.3. The van der Waals surface area contributed by atoms with Gasteiger partial charge < -0.3 is 11.1 Å². The largest absolute Gasteiger partial charge is 0.389 e. The zero-order chi connectivity index (χ0) is 14.7. The molecule has 2 rings (SSSR count). The van der Waals surface area contributed by atoms with Crippen LogP contribution in [-0.4, -0.2) is 4.99 Å². The van der Waals surface area contributed by atoms with Gasteiger partial charge in [0.2, 0.25) is 0 Å². The van der Waals surface area contributed by atoms with Crippen molar-refractivity contribution in [2.75, 3.05) is 5.32 Å². The van der Waals surface area contributed by atoms with E-state index >= 15 is 0 Å². The summed E-state index contributed by atoms with van der Waals surface area (Å²) < 4.78 is 14.9. The molecule has 0 amide bonds. The molecule has 0 saturated heterocycles.